The lowest BCUT2D eigenvalue weighted by molar-refractivity contribution is -0.671. The second-order valence-corrected chi connectivity index (χ2v) is 6.96. The van der Waals surface area contributed by atoms with Gasteiger partial charge >= 0.3 is 0 Å². The summed E-state index contributed by atoms with van der Waals surface area (Å²) >= 11 is 0. The van der Waals surface area contributed by atoms with Crippen LogP contribution in [0.3, 0.4) is 0 Å². The molecule has 1 unspecified atom stereocenters. The molecule has 0 aliphatic carbocycles. The fourth-order valence-corrected chi connectivity index (χ4v) is 2.52. The number of nitrogens with zero attached hydrogens (tertiary/aromatic N) is 1. The van der Waals surface area contributed by atoms with E-state index in [1.807, 2.05) is 42.2 Å². The van der Waals surface area contributed by atoms with E-state index < -0.39 is 16.5 Å². The van der Waals surface area contributed by atoms with E-state index in [9.17, 15) is 23.2 Å². The van der Waals surface area contributed by atoms with E-state index in [-0.39, 0.29) is 12.4 Å². The minimum absolute atomic E-state index is 0.0220. The van der Waals surface area contributed by atoms with Crippen molar-refractivity contribution >= 4 is 16.1 Å². The predicted octanol–water partition coefficient (Wildman–Crippen LogP) is 1.76. The zero-order valence-electron chi connectivity index (χ0n) is 15.6. The van der Waals surface area contributed by atoms with Crippen molar-refractivity contribution in [3.63, 3.8) is 0 Å². The Morgan fingerprint density at radius 1 is 1.33 bits per heavy atom. The summed E-state index contributed by atoms with van der Waals surface area (Å²) in [6.45, 7) is 4.01. The summed E-state index contributed by atoms with van der Waals surface area (Å²) in [6, 6.07) is 9.24. The van der Waals surface area contributed by atoms with E-state index in [1.54, 1.807) is 26.0 Å². The first kappa shape index (κ1) is 22.8. The molecule has 1 aromatic carbocycles. The fraction of sp³-hybridized carbons (Fsp3) is 0.389. The van der Waals surface area contributed by atoms with Gasteiger partial charge in [-0.25, -0.2) is 13.0 Å². The van der Waals surface area contributed by atoms with E-state index in [0.29, 0.717) is 18.5 Å². The average molecular weight is 398 g/mol. The van der Waals surface area contributed by atoms with Crippen LogP contribution in [0.25, 0.3) is 0 Å². The van der Waals surface area contributed by atoms with Gasteiger partial charge in [0, 0.05) is 35.5 Å². The summed E-state index contributed by atoms with van der Waals surface area (Å²) in [4.78, 5) is 0. The molecule has 9 heteroatoms. The molecule has 0 spiro atoms. The minimum atomic E-state index is -4.44. The zero-order chi connectivity index (χ0) is 20.4. The third-order valence-corrected chi connectivity index (χ3v) is 3.87. The van der Waals surface area contributed by atoms with Gasteiger partial charge in [-0.2, -0.15) is 0 Å². The SMILES string of the molecule is CC(O)c1ccc(NCc2ccc[n+](C)c2)cc1O.CCCOS(=O)(=O)[O-]. The molecule has 150 valence electrons. The summed E-state index contributed by atoms with van der Waals surface area (Å²) in [5.74, 6) is 0.110. The van der Waals surface area contributed by atoms with E-state index in [4.69, 9.17) is 0 Å². The number of hydrogen-bond acceptors (Lipinski definition) is 7. The third-order valence-electron chi connectivity index (χ3n) is 3.41. The van der Waals surface area contributed by atoms with Gasteiger partial charge in [0.25, 0.3) is 0 Å². The van der Waals surface area contributed by atoms with Crippen molar-refractivity contribution in [2.75, 3.05) is 11.9 Å². The Morgan fingerprint density at radius 3 is 2.52 bits per heavy atom. The maximum absolute atomic E-state index is 9.80. The second-order valence-electron chi connectivity index (χ2n) is 5.91. The van der Waals surface area contributed by atoms with Crippen LogP contribution in [0.4, 0.5) is 5.69 Å². The predicted molar refractivity (Wildman–Crippen MR) is 99.6 cm³/mol. The maximum Gasteiger partial charge on any atom is 0.217 e. The molecular formula is C18H26N2O6S. The van der Waals surface area contributed by atoms with E-state index in [2.05, 4.69) is 9.50 Å². The number of aliphatic hydroxyl groups excluding tert-OH is 1. The standard InChI is InChI=1S/C15H18N2O2.C3H8O4S/c1-11(18)14-6-5-13(8-15(14)19)16-9-12-4-3-7-17(2)10-12;1-2-3-7-8(4,5)6/h3-8,10-11,16,18H,9H2,1-2H3;2-3H2,1H3,(H,4,5,6). The van der Waals surface area contributed by atoms with Crippen LogP contribution in [-0.4, -0.2) is 29.8 Å². The number of phenolic OH excluding ortho intramolecular Hbond substituents is 1. The van der Waals surface area contributed by atoms with Gasteiger partial charge in [-0.15, -0.1) is 0 Å². The van der Waals surface area contributed by atoms with Crippen molar-refractivity contribution in [2.45, 2.75) is 32.9 Å². The first-order chi connectivity index (χ1) is 12.6. The van der Waals surface area contributed by atoms with Gasteiger partial charge in [-0.1, -0.05) is 13.0 Å². The summed E-state index contributed by atoms with van der Waals surface area (Å²) in [5, 5.41) is 22.5. The molecule has 2 aromatic rings. The Kier molecular flexibility index (Phi) is 9.16. The molecule has 1 atom stereocenters. The van der Waals surface area contributed by atoms with Crippen LogP contribution in [0.1, 0.15) is 37.5 Å². The highest BCUT2D eigenvalue weighted by molar-refractivity contribution is 7.80. The van der Waals surface area contributed by atoms with Gasteiger partial charge in [-0.3, -0.25) is 4.18 Å². The van der Waals surface area contributed by atoms with Crippen molar-refractivity contribution in [1.82, 2.24) is 0 Å². The van der Waals surface area contributed by atoms with Crippen molar-refractivity contribution in [3.8, 4) is 5.75 Å². The molecule has 3 N–H and O–H groups in total. The molecule has 0 amide bonds. The highest BCUT2D eigenvalue weighted by Crippen LogP contribution is 2.27. The molecule has 1 aromatic heterocycles. The van der Waals surface area contributed by atoms with Gasteiger partial charge in [0.05, 0.1) is 12.7 Å². The number of pyridine rings is 1. The maximum atomic E-state index is 9.80. The topological polar surface area (TPSA) is 123 Å². The molecule has 0 aliphatic rings. The highest BCUT2D eigenvalue weighted by Gasteiger charge is 2.07. The Hall–Kier alpha value is -2.20. The van der Waals surface area contributed by atoms with E-state index >= 15 is 0 Å². The number of rotatable bonds is 7. The Morgan fingerprint density at radius 2 is 2.04 bits per heavy atom. The molecular weight excluding hydrogens is 372 g/mol. The van der Waals surface area contributed by atoms with Crippen molar-refractivity contribution in [1.29, 1.82) is 0 Å². The lowest BCUT2D eigenvalue weighted by Crippen LogP contribution is -2.27. The quantitative estimate of drug-likeness (QED) is 0.369. The molecule has 0 saturated carbocycles. The number of anilines is 1. The smallest absolute Gasteiger partial charge is 0.217 e. The Balaban J connectivity index is 0.000000387. The molecule has 0 bridgehead atoms. The monoisotopic (exact) mass is 398 g/mol. The summed E-state index contributed by atoms with van der Waals surface area (Å²) in [7, 11) is -2.46. The lowest BCUT2D eigenvalue weighted by atomic mass is 10.1. The van der Waals surface area contributed by atoms with Crippen LogP contribution in [0, 0.1) is 0 Å². The number of aryl methyl sites for hydroxylation is 1. The van der Waals surface area contributed by atoms with Gasteiger partial charge in [0.2, 0.25) is 10.4 Å². The average Bonchev–Trinajstić information content (AvgIpc) is 2.58. The molecule has 0 fully saturated rings. The van der Waals surface area contributed by atoms with E-state index in [1.165, 1.54) is 0 Å². The van der Waals surface area contributed by atoms with Crippen LogP contribution in [0.2, 0.25) is 0 Å². The highest BCUT2D eigenvalue weighted by atomic mass is 32.3. The summed E-state index contributed by atoms with van der Waals surface area (Å²) < 4.78 is 34.6. The molecule has 0 radical (unpaired) electrons. The van der Waals surface area contributed by atoms with Crippen LogP contribution < -0.4 is 9.88 Å². The van der Waals surface area contributed by atoms with Gasteiger partial charge in [0.1, 0.15) is 12.8 Å². The van der Waals surface area contributed by atoms with Gasteiger partial charge in [0.15, 0.2) is 12.4 Å². The normalized spacial score (nSPS) is 12.0. The van der Waals surface area contributed by atoms with Crippen molar-refractivity contribution in [3.05, 3.63) is 53.9 Å². The minimum Gasteiger partial charge on any atom is -0.726 e. The number of aromatic nitrogens is 1. The summed E-state index contributed by atoms with van der Waals surface area (Å²) in [5.41, 5.74) is 2.52. The fourth-order valence-electron chi connectivity index (χ4n) is 2.15. The number of benzene rings is 1. The van der Waals surface area contributed by atoms with Crippen molar-refractivity contribution < 1.29 is 31.9 Å². The Bertz CT molecular complexity index is 824. The third kappa shape index (κ3) is 9.34. The van der Waals surface area contributed by atoms with Crippen LogP contribution in [-0.2, 0) is 28.2 Å². The second kappa shape index (κ2) is 10.8. The lowest BCUT2D eigenvalue weighted by Gasteiger charge is -2.11. The van der Waals surface area contributed by atoms with Gasteiger partial charge in [-0.05, 0) is 25.5 Å². The number of hydrogen-bond donors (Lipinski definition) is 3. The van der Waals surface area contributed by atoms with Crippen molar-refractivity contribution in [2.24, 2.45) is 7.05 Å². The molecule has 0 aliphatic heterocycles. The molecule has 0 saturated heterocycles. The molecule has 1 heterocycles. The first-order valence-electron chi connectivity index (χ1n) is 8.41. The number of aliphatic hydroxyl groups is 1. The molecule has 8 nitrogen and oxygen atoms in total. The summed E-state index contributed by atoms with van der Waals surface area (Å²) in [6.07, 6.45) is 3.88. The number of aromatic hydroxyl groups is 1. The molecule has 2 rings (SSSR count). The largest absolute Gasteiger partial charge is 0.726 e. The van der Waals surface area contributed by atoms with Crippen LogP contribution in [0.15, 0.2) is 42.7 Å². The molecule has 27 heavy (non-hydrogen) atoms. The van der Waals surface area contributed by atoms with Crippen LogP contribution >= 0.6 is 0 Å². The van der Waals surface area contributed by atoms with E-state index in [0.717, 1.165) is 11.3 Å². The Labute approximate surface area is 160 Å². The zero-order valence-corrected chi connectivity index (χ0v) is 16.4. The van der Waals surface area contributed by atoms with Crippen LogP contribution in [0.5, 0.6) is 5.75 Å². The van der Waals surface area contributed by atoms with Gasteiger partial charge < -0.3 is 20.1 Å². The number of nitrogens with one attached hydrogen (secondary N) is 1. The number of phenols is 1. The first-order valence-corrected chi connectivity index (χ1v) is 9.75.